The molecule has 1 N–H and O–H groups in total. The van der Waals surface area contributed by atoms with Gasteiger partial charge in [-0.1, -0.05) is 6.92 Å². The SMILES string of the molecule is CCC1(CO)CCN(CCC(=O)N(C)CCC#N)CC1. The van der Waals surface area contributed by atoms with Crippen molar-refractivity contribution < 1.29 is 9.90 Å². The standard InChI is InChI=1S/C15H27N3O2/c1-3-15(13-19)6-11-18(12-7-15)10-5-14(20)17(2)9-4-8-16/h19H,3-7,9-13H2,1-2H3. The van der Waals surface area contributed by atoms with Crippen LogP contribution >= 0.6 is 0 Å². The maximum absolute atomic E-state index is 11.9. The fraction of sp³-hybridized carbons (Fsp3) is 0.867. The van der Waals surface area contributed by atoms with Gasteiger partial charge in [0.2, 0.25) is 5.91 Å². The van der Waals surface area contributed by atoms with Gasteiger partial charge >= 0.3 is 0 Å². The van der Waals surface area contributed by atoms with Gasteiger partial charge in [-0.2, -0.15) is 5.26 Å². The number of nitrogens with zero attached hydrogens (tertiary/aromatic N) is 3. The Kier molecular flexibility index (Phi) is 6.97. The summed E-state index contributed by atoms with van der Waals surface area (Å²) in [7, 11) is 1.75. The molecule has 1 rings (SSSR count). The van der Waals surface area contributed by atoms with Crippen LogP contribution in [0.5, 0.6) is 0 Å². The number of piperidine rings is 1. The van der Waals surface area contributed by atoms with E-state index in [0.717, 1.165) is 38.9 Å². The predicted octanol–water partition coefficient (Wildman–Crippen LogP) is 1.23. The molecule has 5 nitrogen and oxygen atoms in total. The smallest absolute Gasteiger partial charge is 0.223 e. The van der Waals surface area contributed by atoms with Crippen LogP contribution in [0.1, 0.15) is 39.0 Å². The van der Waals surface area contributed by atoms with Crippen molar-refractivity contribution in [1.29, 1.82) is 5.26 Å². The minimum absolute atomic E-state index is 0.101. The number of aliphatic hydroxyl groups is 1. The van der Waals surface area contributed by atoms with E-state index in [4.69, 9.17) is 5.26 Å². The van der Waals surface area contributed by atoms with Crippen molar-refractivity contribution in [3.63, 3.8) is 0 Å². The predicted molar refractivity (Wildman–Crippen MR) is 78.0 cm³/mol. The second-order valence-corrected chi connectivity index (χ2v) is 5.83. The van der Waals surface area contributed by atoms with Gasteiger partial charge in [0.05, 0.1) is 12.5 Å². The van der Waals surface area contributed by atoms with Crippen LogP contribution in [0, 0.1) is 16.7 Å². The van der Waals surface area contributed by atoms with Crippen molar-refractivity contribution in [2.45, 2.75) is 39.0 Å². The molecule has 1 amide bonds. The van der Waals surface area contributed by atoms with E-state index in [1.807, 2.05) is 0 Å². The van der Waals surface area contributed by atoms with Crippen LogP contribution in [0.4, 0.5) is 0 Å². The van der Waals surface area contributed by atoms with Crippen LogP contribution in [-0.4, -0.2) is 60.6 Å². The molecule has 0 aromatic heterocycles. The second-order valence-electron chi connectivity index (χ2n) is 5.83. The average molecular weight is 281 g/mol. The lowest BCUT2D eigenvalue weighted by molar-refractivity contribution is -0.130. The molecule has 114 valence electrons. The van der Waals surface area contributed by atoms with E-state index in [0.29, 0.717) is 19.4 Å². The number of aliphatic hydroxyl groups excluding tert-OH is 1. The first-order valence-corrected chi connectivity index (χ1v) is 7.51. The zero-order chi connectivity index (χ0) is 15.0. The molecular weight excluding hydrogens is 254 g/mol. The van der Waals surface area contributed by atoms with Crippen molar-refractivity contribution in [2.24, 2.45) is 5.41 Å². The van der Waals surface area contributed by atoms with Crippen molar-refractivity contribution in [3.8, 4) is 6.07 Å². The molecule has 1 heterocycles. The Bertz CT molecular complexity index is 338. The number of nitriles is 1. The van der Waals surface area contributed by atoms with E-state index < -0.39 is 0 Å². The molecule has 0 bridgehead atoms. The Morgan fingerprint density at radius 1 is 1.45 bits per heavy atom. The zero-order valence-electron chi connectivity index (χ0n) is 12.8. The van der Waals surface area contributed by atoms with Gasteiger partial charge in [0.25, 0.3) is 0 Å². The summed E-state index contributed by atoms with van der Waals surface area (Å²) in [5.41, 5.74) is 0.101. The number of hydrogen-bond acceptors (Lipinski definition) is 4. The van der Waals surface area contributed by atoms with Gasteiger partial charge in [-0.3, -0.25) is 4.79 Å². The summed E-state index contributed by atoms with van der Waals surface area (Å²) in [5.74, 6) is 0.106. The summed E-state index contributed by atoms with van der Waals surface area (Å²) >= 11 is 0. The molecule has 0 radical (unpaired) electrons. The number of carbonyl (C=O) groups excluding carboxylic acids is 1. The average Bonchev–Trinajstić information content (AvgIpc) is 2.50. The van der Waals surface area contributed by atoms with Crippen molar-refractivity contribution in [3.05, 3.63) is 0 Å². The normalized spacial score (nSPS) is 18.5. The molecule has 1 fully saturated rings. The fourth-order valence-electron chi connectivity index (χ4n) is 2.66. The molecule has 1 aliphatic rings. The lowest BCUT2D eigenvalue weighted by Gasteiger charge is -2.40. The number of hydrogen-bond donors (Lipinski definition) is 1. The molecule has 20 heavy (non-hydrogen) atoms. The highest BCUT2D eigenvalue weighted by Crippen LogP contribution is 2.34. The van der Waals surface area contributed by atoms with Gasteiger partial charge in [-0.05, 0) is 37.8 Å². The topological polar surface area (TPSA) is 67.6 Å². The first kappa shape index (κ1) is 16.9. The molecule has 0 aromatic rings. The first-order valence-electron chi connectivity index (χ1n) is 7.51. The maximum atomic E-state index is 11.9. The number of rotatable bonds is 7. The Labute approximate surface area is 122 Å². The minimum Gasteiger partial charge on any atom is -0.396 e. The molecule has 1 aliphatic heterocycles. The molecule has 0 aromatic carbocycles. The van der Waals surface area contributed by atoms with Gasteiger partial charge in [0.1, 0.15) is 0 Å². The first-order chi connectivity index (χ1) is 9.56. The molecule has 0 atom stereocenters. The molecule has 0 spiro atoms. The molecule has 1 saturated heterocycles. The highest BCUT2D eigenvalue weighted by molar-refractivity contribution is 5.76. The summed E-state index contributed by atoms with van der Waals surface area (Å²) < 4.78 is 0. The van der Waals surface area contributed by atoms with Gasteiger partial charge in [-0.25, -0.2) is 0 Å². The molecule has 5 heteroatoms. The molecular formula is C15H27N3O2. The number of carbonyl (C=O) groups is 1. The Balaban J connectivity index is 2.27. The lowest BCUT2D eigenvalue weighted by atomic mass is 9.77. The zero-order valence-corrected chi connectivity index (χ0v) is 12.8. The van der Waals surface area contributed by atoms with E-state index >= 15 is 0 Å². The summed E-state index contributed by atoms with van der Waals surface area (Å²) in [5, 5.41) is 18.0. The third-order valence-corrected chi connectivity index (χ3v) is 4.63. The monoisotopic (exact) mass is 281 g/mol. The van der Waals surface area contributed by atoms with E-state index in [-0.39, 0.29) is 17.9 Å². The highest BCUT2D eigenvalue weighted by Gasteiger charge is 2.32. The lowest BCUT2D eigenvalue weighted by Crippen LogP contribution is -2.43. The fourth-order valence-corrected chi connectivity index (χ4v) is 2.66. The molecule has 0 saturated carbocycles. The van der Waals surface area contributed by atoms with Crippen molar-refractivity contribution in [1.82, 2.24) is 9.80 Å². The van der Waals surface area contributed by atoms with Gasteiger partial charge in [0, 0.05) is 33.2 Å². The number of likely N-dealkylation sites (tertiary alicyclic amines) is 1. The summed E-state index contributed by atoms with van der Waals surface area (Å²) in [4.78, 5) is 15.8. The van der Waals surface area contributed by atoms with Crippen LogP contribution in [-0.2, 0) is 4.79 Å². The van der Waals surface area contributed by atoms with E-state index in [1.165, 1.54) is 0 Å². The van der Waals surface area contributed by atoms with Crippen molar-refractivity contribution >= 4 is 5.91 Å². The van der Waals surface area contributed by atoms with E-state index in [2.05, 4.69) is 17.9 Å². The Morgan fingerprint density at radius 2 is 2.10 bits per heavy atom. The third-order valence-electron chi connectivity index (χ3n) is 4.63. The third kappa shape index (κ3) is 4.77. The Hall–Kier alpha value is -1.12. The van der Waals surface area contributed by atoms with E-state index in [9.17, 15) is 9.90 Å². The van der Waals surface area contributed by atoms with Crippen molar-refractivity contribution in [2.75, 3.05) is 39.8 Å². The van der Waals surface area contributed by atoms with Crippen LogP contribution < -0.4 is 0 Å². The minimum atomic E-state index is 0.101. The largest absolute Gasteiger partial charge is 0.396 e. The van der Waals surface area contributed by atoms with E-state index in [1.54, 1.807) is 11.9 Å². The van der Waals surface area contributed by atoms with Crippen LogP contribution in [0.3, 0.4) is 0 Å². The van der Waals surface area contributed by atoms with Crippen LogP contribution in [0.15, 0.2) is 0 Å². The highest BCUT2D eigenvalue weighted by atomic mass is 16.3. The number of amides is 1. The Morgan fingerprint density at radius 3 is 2.60 bits per heavy atom. The van der Waals surface area contributed by atoms with Crippen LogP contribution in [0.25, 0.3) is 0 Å². The summed E-state index contributed by atoms with van der Waals surface area (Å²) in [6, 6.07) is 2.05. The van der Waals surface area contributed by atoms with Gasteiger partial charge in [-0.15, -0.1) is 0 Å². The molecule has 0 aliphatic carbocycles. The second kappa shape index (κ2) is 8.23. The van der Waals surface area contributed by atoms with Gasteiger partial charge < -0.3 is 14.9 Å². The molecule has 0 unspecified atom stereocenters. The summed E-state index contributed by atoms with van der Waals surface area (Å²) in [6.45, 7) is 5.62. The maximum Gasteiger partial charge on any atom is 0.223 e. The summed E-state index contributed by atoms with van der Waals surface area (Å²) in [6.07, 6.45) is 3.95. The van der Waals surface area contributed by atoms with Crippen LogP contribution in [0.2, 0.25) is 0 Å². The quantitative estimate of drug-likeness (QED) is 0.762. The van der Waals surface area contributed by atoms with Gasteiger partial charge in [0.15, 0.2) is 0 Å².